The van der Waals surface area contributed by atoms with Gasteiger partial charge >= 0.3 is 0 Å². The summed E-state index contributed by atoms with van der Waals surface area (Å²) in [7, 11) is 2.06. The zero-order valence-electron chi connectivity index (χ0n) is 12.5. The molecule has 0 radical (unpaired) electrons. The van der Waals surface area contributed by atoms with Crippen molar-refractivity contribution in [1.82, 2.24) is 24.2 Å². The first kappa shape index (κ1) is 15.7. The maximum atomic E-state index is 12.2. The van der Waals surface area contributed by atoms with Crippen molar-refractivity contribution in [3.63, 3.8) is 0 Å². The summed E-state index contributed by atoms with van der Waals surface area (Å²) in [6.45, 7) is 0.947. The van der Waals surface area contributed by atoms with Crippen molar-refractivity contribution in [2.75, 3.05) is 13.6 Å². The average molecular weight is 311 g/mol. The van der Waals surface area contributed by atoms with Gasteiger partial charge in [0.15, 0.2) is 0 Å². The zero-order chi connectivity index (χ0) is 15.5. The topological polar surface area (TPSA) is 81.0 Å². The molecule has 0 fully saturated rings. The standard InChI is InChI=1S/C13H21N5O2S/c1-14-9-11-8-12(10-18(11)3)21(19,20)16-5-4-13-15-6-7-17(13)2/h6-8,10,14,16H,4-5,9H2,1-3H3. The highest BCUT2D eigenvalue weighted by Gasteiger charge is 2.17. The van der Waals surface area contributed by atoms with Crippen LogP contribution in [0.15, 0.2) is 29.6 Å². The lowest BCUT2D eigenvalue weighted by molar-refractivity contribution is 0.580. The number of sulfonamides is 1. The summed E-state index contributed by atoms with van der Waals surface area (Å²) in [6.07, 6.45) is 5.71. The number of nitrogens with zero attached hydrogens (tertiary/aromatic N) is 3. The minimum Gasteiger partial charge on any atom is -0.352 e. The van der Waals surface area contributed by atoms with E-state index in [0.29, 0.717) is 19.5 Å². The molecule has 2 N–H and O–H groups in total. The SMILES string of the molecule is CNCc1cc(S(=O)(=O)NCCc2nccn2C)cn1C. The lowest BCUT2D eigenvalue weighted by atomic mass is 10.4. The van der Waals surface area contributed by atoms with Crippen LogP contribution in [0.4, 0.5) is 0 Å². The van der Waals surface area contributed by atoms with Crippen molar-refractivity contribution in [1.29, 1.82) is 0 Å². The van der Waals surface area contributed by atoms with E-state index >= 15 is 0 Å². The maximum absolute atomic E-state index is 12.2. The monoisotopic (exact) mass is 311 g/mol. The summed E-state index contributed by atoms with van der Waals surface area (Å²) in [5.74, 6) is 0.849. The van der Waals surface area contributed by atoms with Crippen molar-refractivity contribution in [3.8, 4) is 0 Å². The molecule has 0 aliphatic heterocycles. The van der Waals surface area contributed by atoms with Gasteiger partial charge in [0.05, 0.1) is 4.90 Å². The molecular weight excluding hydrogens is 290 g/mol. The molecule has 8 heteroatoms. The van der Waals surface area contributed by atoms with Gasteiger partial charge in [-0.3, -0.25) is 0 Å². The van der Waals surface area contributed by atoms with Gasteiger partial charge < -0.3 is 14.5 Å². The van der Waals surface area contributed by atoms with E-state index in [1.165, 1.54) is 0 Å². The van der Waals surface area contributed by atoms with E-state index in [0.717, 1.165) is 11.5 Å². The molecule has 0 aliphatic carbocycles. The van der Waals surface area contributed by atoms with Gasteiger partial charge in [0.2, 0.25) is 10.0 Å². The minimum absolute atomic E-state index is 0.287. The van der Waals surface area contributed by atoms with E-state index in [2.05, 4.69) is 15.0 Å². The number of aryl methyl sites for hydroxylation is 2. The normalized spacial score (nSPS) is 12.0. The highest BCUT2D eigenvalue weighted by Crippen LogP contribution is 2.13. The second-order valence-corrected chi connectivity index (χ2v) is 6.68. The summed E-state index contributed by atoms with van der Waals surface area (Å²) >= 11 is 0. The molecule has 0 bridgehead atoms. The lowest BCUT2D eigenvalue weighted by Crippen LogP contribution is -2.26. The fraction of sp³-hybridized carbons (Fsp3) is 0.462. The first-order chi connectivity index (χ1) is 9.94. The van der Waals surface area contributed by atoms with Crippen LogP contribution in [-0.4, -0.2) is 36.1 Å². The Morgan fingerprint density at radius 2 is 2.05 bits per heavy atom. The molecule has 2 aromatic rings. The Bertz CT molecular complexity index is 702. The van der Waals surface area contributed by atoms with Crippen LogP contribution in [0.3, 0.4) is 0 Å². The molecule has 2 rings (SSSR count). The first-order valence-electron chi connectivity index (χ1n) is 6.69. The number of nitrogens with one attached hydrogen (secondary N) is 2. The maximum Gasteiger partial charge on any atom is 0.242 e. The molecular formula is C13H21N5O2S. The van der Waals surface area contributed by atoms with Gasteiger partial charge in [-0.2, -0.15) is 0 Å². The van der Waals surface area contributed by atoms with Gasteiger partial charge in [0, 0.05) is 57.9 Å². The molecule has 2 aromatic heterocycles. The molecule has 0 amide bonds. The predicted octanol–water partition coefficient (Wildman–Crippen LogP) is -0.001000. The number of hydrogen-bond acceptors (Lipinski definition) is 4. The molecule has 0 unspecified atom stereocenters. The largest absolute Gasteiger partial charge is 0.352 e. The summed E-state index contributed by atoms with van der Waals surface area (Å²) in [6, 6.07) is 1.68. The van der Waals surface area contributed by atoms with Crippen molar-refractivity contribution >= 4 is 10.0 Å². The predicted molar refractivity (Wildman–Crippen MR) is 80.3 cm³/mol. The molecule has 7 nitrogen and oxygen atoms in total. The van der Waals surface area contributed by atoms with Crippen LogP contribution in [0, 0.1) is 0 Å². The third-order valence-electron chi connectivity index (χ3n) is 3.31. The third kappa shape index (κ3) is 3.72. The Hall–Kier alpha value is -1.64. The van der Waals surface area contributed by atoms with Gasteiger partial charge in [-0.05, 0) is 13.1 Å². The molecule has 116 valence electrons. The molecule has 21 heavy (non-hydrogen) atoms. The molecule has 0 spiro atoms. The van der Waals surface area contributed by atoms with Crippen LogP contribution in [0.5, 0.6) is 0 Å². The second kappa shape index (κ2) is 6.42. The van der Waals surface area contributed by atoms with Crippen LogP contribution in [0.25, 0.3) is 0 Å². The van der Waals surface area contributed by atoms with Gasteiger partial charge in [0.1, 0.15) is 5.82 Å². The van der Waals surface area contributed by atoms with Crippen LogP contribution >= 0.6 is 0 Å². The van der Waals surface area contributed by atoms with Gasteiger partial charge in [-0.1, -0.05) is 0 Å². The Morgan fingerprint density at radius 3 is 2.67 bits per heavy atom. The fourth-order valence-electron chi connectivity index (χ4n) is 2.10. The van der Waals surface area contributed by atoms with Crippen molar-refractivity contribution in [2.45, 2.75) is 17.9 Å². The molecule has 0 saturated heterocycles. The Morgan fingerprint density at radius 1 is 1.29 bits per heavy atom. The molecule has 0 saturated carbocycles. The van der Waals surface area contributed by atoms with Gasteiger partial charge in [0.25, 0.3) is 0 Å². The smallest absolute Gasteiger partial charge is 0.242 e. The Kier molecular flexibility index (Phi) is 4.81. The third-order valence-corrected chi connectivity index (χ3v) is 4.74. The highest BCUT2D eigenvalue weighted by molar-refractivity contribution is 7.89. The number of aromatic nitrogens is 3. The number of imidazole rings is 1. The first-order valence-corrected chi connectivity index (χ1v) is 8.18. The van der Waals surface area contributed by atoms with E-state index in [1.807, 2.05) is 36.5 Å². The van der Waals surface area contributed by atoms with Gasteiger partial charge in [-0.15, -0.1) is 0 Å². The van der Waals surface area contributed by atoms with Crippen LogP contribution in [0.2, 0.25) is 0 Å². The van der Waals surface area contributed by atoms with Crippen LogP contribution in [-0.2, 0) is 37.1 Å². The number of hydrogen-bond donors (Lipinski definition) is 2. The van der Waals surface area contributed by atoms with Crippen molar-refractivity contribution in [2.24, 2.45) is 14.1 Å². The van der Waals surface area contributed by atoms with Gasteiger partial charge in [-0.25, -0.2) is 18.1 Å². The minimum atomic E-state index is -3.48. The fourth-order valence-corrected chi connectivity index (χ4v) is 3.22. The average Bonchev–Trinajstić information content (AvgIpc) is 2.98. The zero-order valence-corrected chi connectivity index (χ0v) is 13.3. The second-order valence-electron chi connectivity index (χ2n) is 4.91. The lowest BCUT2D eigenvalue weighted by Gasteiger charge is -2.05. The molecule has 0 atom stereocenters. The quantitative estimate of drug-likeness (QED) is 0.754. The van der Waals surface area contributed by atoms with Crippen LogP contribution in [0.1, 0.15) is 11.5 Å². The van der Waals surface area contributed by atoms with Crippen molar-refractivity contribution in [3.05, 3.63) is 36.2 Å². The van der Waals surface area contributed by atoms with E-state index in [4.69, 9.17) is 0 Å². The Balaban J connectivity index is 2.01. The van der Waals surface area contributed by atoms with E-state index in [1.54, 1.807) is 18.5 Å². The highest BCUT2D eigenvalue weighted by atomic mass is 32.2. The van der Waals surface area contributed by atoms with E-state index in [-0.39, 0.29) is 4.90 Å². The molecule has 0 aliphatic rings. The summed E-state index contributed by atoms with van der Waals surface area (Å²) in [5, 5.41) is 3.01. The van der Waals surface area contributed by atoms with Crippen molar-refractivity contribution < 1.29 is 8.42 Å². The number of rotatable bonds is 7. The summed E-state index contributed by atoms with van der Waals surface area (Å²) in [4.78, 5) is 4.45. The van der Waals surface area contributed by atoms with Crippen LogP contribution < -0.4 is 10.0 Å². The summed E-state index contributed by atoms with van der Waals surface area (Å²) in [5.41, 5.74) is 0.918. The Labute approximate surface area is 125 Å². The molecule has 0 aromatic carbocycles. The van der Waals surface area contributed by atoms with E-state index < -0.39 is 10.0 Å². The van der Waals surface area contributed by atoms with E-state index in [9.17, 15) is 8.42 Å². The molecule has 2 heterocycles. The summed E-state index contributed by atoms with van der Waals surface area (Å²) < 4.78 is 30.8.